The smallest absolute Gasteiger partial charge is 0.124 e. The number of amidine groups is 1. The van der Waals surface area contributed by atoms with Crippen molar-refractivity contribution in [1.82, 2.24) is 0 Å². The highest BCUT2D eigenvalue weighted by Crippen LogP contribution is 2.35. The summed E-state index contributed by atoms with van der Waals surface area (Å²) in [6.45, 7) is 0. The van der Waals surface area contributed by atoms with Gasteiger partial charge in [-0.25, -0.2) is 0 Å². The Balaban J connectivity index is 2.11. The second-order valence-corrected chi connectivity index (χ2v) is 5.86. The Morgan fingerprint density at radius 2 is 2.06 bits per heavy atom. The molecule has 0 heterocycles. The molecule has 0 aliphatic heterocycles. The highest BCUT2D eigenvalue weighted by atomic mass is 35.5. The highest BCUT2D eigenvalue weighted by Gasteiger charge is 2.16. The maximum Gasteiger partial charge on any atom is 0.124 e. The quantitative estimate of drug-likeness (QED) is 0.639. The average Bonchev–Trinajstić information content (AvgIpc) is 2.70. The lowest BCUT2D eigenvalue weighted by Gasteiger charge is -2.10. The van der Waals surface area contributed by atoms with E-state index in [-0.39, 0.29) is 5.84 Å². The van der Waals surface area contributed by atoms with Gasteiger partial charge in [0.2, 0.25) is 0 Å². The van der Waals surface area contributed by atoms with Gasteiger partial charge in [-0.1, -0.05) is 24.4 Å². The third-order valence-electron chi connectivity index (χ3n) is 2.84. The average molecular weight is 255 g/mol. The number of hydrogen-bond acceptors (Lipinski definition) is 2. The first kappa shape index (κ1) is 11.8. The van der Waals surface area contributed by atoms with Crippen LogP contribution in [0.25, 0.3) is 0 Å². The number of halogens is 1. The lowest BCUT2D eigenvalue weighted by molar-refractivity contribution is 0.886. The van der Waals surface area contributed by atoms with E-state index in [2.05, 4.69) is 0 Å². The Labute approximate surface area is 105 Å². The molecule has 0 saturated heterocycles. The summed E-state index contributed by atoms with van der Waals surface area (Å²) in [6.07, 6.45) is 5.29. The molecule has 3 N–H and O–H groups in total. The van der Waals surface area contributed by atoms with E-state index in [1.54, 1.807) is 0 Å². The third kappa shape index (κ3) is 2.71. The second-order valence-electron chi connectivity index (χ2n) is 4.08. The molecule has 1 aromatic carbocycles. The molecular formula is C12H15ClN2S. The van der Waals surface area contributed by atoms with Gasteiger partial charge in [0, 0.05) is 15.7 Å². The topological polar surface area (TPSA) is 49.9 Å². The molecule has 1 fully saturated rings. The Bertz CT molecular complexity index is 400. The maximum absolute atomic E-state index is 7.36. The molecule has 4 heteroatoms. The van der Waals surface area contributed by atoms with Crippen molar-refractivity contribution in [2.24, 2.45) is 5.73 Å². The number of nitrogen functional groups attached to an aromatic ring is 1. The summed E-state index contributed by atoms with van der Waals surface area (Å²) in [5.41, 5.74) is 6.04. The van der Waals surface area contributed by atoms with E-state index in [4.69, 9.17) is 22.7 Å². The molecule has 86 valence electrons. The van der Waals surface area contributed by atoms with Crippen LogP contribution in [0.2, 0.25) is 5.02 Å². The monoisotopic (exact) mass is 254 g/mol. The Kier molecular flexibility index (Phi) is 3.77. The van der Waals surface area contributed by atoms with Crippen LogP contribution in [-0.4, -0.2) is 11.1 Å². The van der Waals surface area contributed by atoms with Gasteiger partial charge in [0.25, 0.3) is 0 Å². The zero-order valence-electron chi connectivity index (χ0n) is 9.00. The van der Waals surface area contributed by atoms with Gasteiger partial charge in [-0.05, 0) is 31.0 Å². The summed E-state index contributed by atoms with van der Waals surface area (Å²) < 4.78 is 0. The van der Waals surface area contributed by atoms with Gasteiger partial charge >= 0.3 is 0 Å². The van der Waals surface area contributed by atoms with Gasteiger partial charge in [-0.3, -0.25) is 5.41 Å². The molecule has 1 saturated carbocycles. The van der Waals surface area contributed by atoms with E-state index < -0.39 is 0 Å². The molecule has 0 unspecified atom stereocenters. The SMILES string of the molecule is N=C(N)c1ccc(SC2CCCC2)cc1Cl. The van der Waals surface area contributed by atoms with Crippen LogP contribution in [-0.2, 0) is 0 Å². The molecule has 1 aliphatic rings. The Morgan fingerprint density at radius 1 is 1.38 bits per heavy atom. The summed E-state index contributed by atoms with van der Waals surface area (Å²) in [6, 6.07) is 5.76. The summed E-state index contributed by atoms with van der Waals surface area (Å²) >= 11 is 7.97. The van der Waals surface area contributed by atoms with Crippen LogP contribution < -0.4 is 5.73 Å². The first-order chi connectivity index (χ1) is 7.66. The van der Waals surface area contributed by atoms with Gasteiger partial charge in [0.05, 0.1) is 5.02 Å². The lowest BCUT2D eigenvalue weighted by atomic mass is 10.2. The Morgan fingerprint density at radius 3 is 2.62 bits per heavy atom. The third-order valence-corrected chi connectivity index (χ3v) is 4.48. The van der Waals surface area contributed by atoms with E-state index in [0.29, 0.717) is 10.6 Å². The largest absolute Gasteiger partial charge is 0.384 e. The fraction of sp³-hybridized carbons (Fsp3) is 0.417. The molecule has 16 heavy (non-hydrogen) atoms. The minimum atomic E-state index is 0.0300. The normalized spacial score (nSPS) is 16.6. The van der Waals surface area contributed by atoms with Crippen molar-refractivity contribution in [1.29, 1.82) is 5.41 Å². The molecule has 1 aromatic rings. The van der Waals surface area contributed by atoms with Crippen molar-refractivity contribution in [2.75, 3.05) is 0 Å². The van der Waals surface area contributed by atoms with E-state index in [9.17, 15) is 0 Å². The van der Waals surface area contributed by atoms with Crippen LogP contribution in [0.15, 0.2) is 23.1 Å². The lowest BCUT2D eigenvalue weighted by Crippen LogP contribution is -2.11. The predicted octanol–water partition coefficient (Wildman–Crippen LogP) is 3.66. The van der Waals surface area contributed by atoms with Gasteiger partial charge in [-0.15, -0.1) is 11.8 Å². The Hall–Kier alpha value is -0.670. The maximum atomic E-state index is 7.36. The fourth-order valence-electron chi connectivity index (χ4n) is 1.99. The van der Waals surface area contributed by atoms with Crippen molar-refractivity contribution in [2.45, 2.75) is 35.8 Å². The molecule has 1 aliphatic carbocycles. The van der Waals surface area contributed by atoms with Crippen molar-refractivity contribution in [3.8, 4) is 0 Å². The minimum absolute atomic E-state index is 0.0300. The minimum Gasteiger partial charge on any atom is -0.384 e. The molecule has 0 amide bonds. The van der Waals surface area contributed by atoms with E-state index in [0.717, 1.165) is 5.25 Å². The summed E-state index contributed by atoms with van der Waals surface area (Å²) in [5, 5.41) is 8.67. The molecule has 0 bridgehead atoms. The van der Waals surface area contributed by atoms with E-state index in [1.807, 2.05) is 30.0 Å². The van der Waals surface area contributed by atoms with Gasteiger partial charge in [0.15, 0.2) is 0 Å². The van der Waals surface area contributed by atoms with Crippen LogP contribution in [0.4, 0.5) is 0 Å². The number of nitrogens with one attached hydrogen (secondary N) is 1. The molecule has 0 aromatic heterocycles. The highest BCUT2D eigenvalue weighted by molar-refractivity contribution is 8.00. The van der Waals surface area contributed by atoms with Gasteiger partial charge < -0.3 is 5.73 Å². The van der Waals surface area contributed by atoms with Crippen LogP contribution >= 0.6 is 23.4 Å². The summed E-state index contributed by atoms with van der Waals surface area (Å²) in [4.78, 5) is 1.18. The first-order valence-electron chi connectivity index (χ1n) is 5.47. The van der Waals surface area contributed by atoms with Crippen molar-refractivity contribution in [3.05, 3.63) is 28.8 Å². The van der Waals surface area contributed by atoms with Crippen molar-refractivity contribution < 1.29 is 0 Å². The molecule has 2 rings (SSSR count). The molecule has 0 spiro atoms. The molecule has 0 atom stereocenters. The van der Waals surface area contributed by atoms with Crippen molar-refractivity contribution >= 4 is 29.2 Å². The number of benzene rings is 1. The number of thioether (sulfide) groups is 1. The van der Waals surface area contributed by atoms with Crippen LogP contribution in [0, 0.1) is 5.41 Å². The number of hydrogen-bond donors (Lipinski definition) is 2. The van der Waals surface area contributed by atoms with Gasteiger partial charge in [0.1, 0.15) is 5.84 Å². The fourth-order valence-corrected chi connectivity index (χ4v) is 3.62. The van der Waals surface area contributed by atoms with Crippen LogP contribution in [0.1, 0.15) is 31.2 Å². The second kappa shape index (κ2) is 5.11. The number of rotatable bonds is 3. The standard InChI is InChI=1S/C12H15ClN2S/c13-11-7-9(5-6-10(11)12(14)15)16-8-3-1-2-4-8/h5-8H,1-4H2,(H3,14,15). The summed E-state index contributed by atoms with van der Waals surface area (Å²) in [5.74, 6) is 0.0300. The summed E-state index contributed by atoms with van der Waals surface area (Å²) in [7, 11) is 0. The van der Waals surface area contributed by atoms with Crippen LogP contribution in [0.5, 0.6) is 0 Å². The van der Waals surface area contributed by atoms with E-state index in [1.165, 1.54) is 30.6 Å². The molecular weight excluding hydrogens is 240 g/mol. The predicted molar refractivity (Wildman–Crippen MR) is 70.6 cm³/mol. The molecule has 2 nitrogen and oxygen atoms in total. The zero-order valence-corrected chi connectivity index (χ0v) is 10.6. The van der Waals surface area contributed by atoms with Crippen LogP contribution in [0.3, 0.4) is 0 Å². The van der Waals surface area contributed by atoms with E-state index >= 15 is 0 Å². The van der Waals surface area contributed by atoms with Crippen molar-refractivity contribution in [3.63, 3.8) is 0 Å². The number of nitrogens with two attached hydrogens (primary N) is 1. The molecule has 0 radical (unpaired) electrons. The zero-order chi connectivity index (χ0) is 11.5. The van der Waals surface area contributed by atoms with Gasteiger partial charge in [-0.2, -0.15) is 0 Å². The first-order valence-corrected chi connectivity index (χ1v) is 6.73.